The van der Waals surface area contributed by atoms with E-state index in [1.54, 1.807) is 0 Å². The summed E-state index contributed by atoms with van der Waals surface area (Å²) in [5, 5.41) is 9.64. The van der Waals surface area contributed by atoms with Crippen LogP contribution in [0.2, 0.25) is 0 Å². The van der Waals surface area contributed by atoms with Gasteiger partial charge in [0.1, 0.15) is 0 Å². The molecule has 0 aromatic carbocycles. The zero-order valence-corrected chi connectivity index (χ0v) is 5.57. The van der Waals surface area contributed by atoms with Gasteiger partial charge in [-0.3, -0.25) is 10.1 Å². The summed E-state index contributed by atoms with van der Waals surface area (Å²) in [7, 11) is 0. The van der Waals surface area contributed by atoms with Crippen molar-refractivity contribution < 1.29 is 23.9 Å². The van der Waals surface area contributed by atoms with E-state index in [9.17, 15) is 18.8 Å². The molecule has 12 heavy (non-hydrogen) atoms. The number of aliphatic carboxylic acids is 1. The Bertz CT molecular complexity index is 300. The van der Waals surface area contributed by atoms with Crippen LogP contribution in [0.25, 0.3) is 0 Å². The first kappa shape index (κ1) is 8.31. The predicted octanol–water partition coefficient (Wildman–Crippen LogP) is -0.900. The number of hydrogen-bond donors (Lipinski definition) is 2. The molecule has 0 bridgehead atoms. The Labute approximate surface area is 65.1 Å². The quantitative estimate of drug-likeness (QED) is 0.503. The Hall–Kier alpha value is -1.79. The number of hydrogen-bond acceptors (Lipinski definition) is 3. The van der Waals surface area contributed by atoms with Crippen molar-refractivity contribution in [2.75, 3.05) is 0 Å². The van der Waals surface area contributed by atoms with Crippen molar-refractivity contribution in [2.45, 2.75) is 5.67 Å². The van der Waals surface area contributed by atoms with Crippen LogP contribution in [-0.4, -0.2) is 34.9 Å². The number of halogens is 1. The number of nitrogens with zero attached hydrogens (tertiary/aromatic N) is 1. The van der Waals surface area contributed by atoms with E-state index in [4.69, 9.17) is 5.11 Å². The highest BCUT2D eigenvalue weighted by Gasteiger charge is 2.48. The second-order valence-electron chi connectivity index (χ2n) is 2.03. The van der Waals surface area contributed by atoms with E-state index in [0.717, 1.165) is 0 Å². The lowest BCUT2D eigenvalue weighted by molar-refractivity contribution is -0.151. The smallest absolute Gasteiger partial charge is 0.357 e. The van der Waals surface area contributed by atoms with Crippen molar-refractivity contribution in [1.82, 2.24) is 5.32 Å². The van der Waals surface area contributed by atoms with Gasteiger partial charge in [-0.1, -0.05) is 0 Å². The molecular formula is C5H3FN2O4. The zero-order chi connectivity index (χ0) is 9.35. The van der Waals surface area contributed by atoms with Crippen LogP contribution in [0.1, 0.15) is 0 Å². The second kappa shape index (κ2) is 2.36. The van der Waals surface area contributed by atoms with Gasteiger partial charge in [0.05, 0.1) is 6.21 Å². The van der Waals surface area contributed by atoms with Crippen LogP contribution >= 0.6 is 0 Å². The van der Waals surface area contributed by atoms with Gasteiger partial charge in [-0.25, -0.2) is 19.0 Å². The minimum absolute atomic E-state index is 0.163. The van der Waals surface area contributed by atoms with Crippen LogP contribution in [0.4, 0.5) is 9.18 Å². The van der Waals surface area contributed by atoms with Crippen molar-refractivity contribution in [2.24, 2.45) is 4.99 Å². The Morgan fingerprint density at radius 2 is 2.25 bits per heavy atom. The second-order valence-corrected chi connectivity index (χ2v) is 2.03. The maximum absolute atomic E-state index is 12.9. The number of aliphatic imine (C=N–C) groups is 1. The van der Waals surface area contributed by atoms with Crippen LogP contribution in [-0.2, 0) is 9.59 Å². The predicted molar refractivity (Wildman–Crippen MR) is 33.5 cm³/mol. The Morgan fingerprint density at radius 3 is 2.67 bits per heavy atom. The highest BCUT2D eigenvalue weighted by atomic mass is 19.1. The van der Waals surface area contributed by atoms with Crippen molar-refractivity contribution in [1.29, 1.82) is 0 Å². The maximum Gasteiger partial charge on any atom is 0.357 e. The van der Waals surface area contributed by atoms with Crippen LogP contribution in [0, 0.1) is 0 Å². The van der Waals surface area contributed by atoms with E-state index in [0.29, 0.717) is 0 Å². The maximum atomic E-state index is 12.9. The SMILES string of the molecule is O=C1N=CC(F)(C(=O)O)C(=O)N1. The Kier molecular flexibility index (Phi) is 1.64. The molecule has 0 fully saturated rings. The minimum atomic E-state index is -3.23. The average Bonchev–Trinajstić information content (AvgIpc) is 1.97. The van der Waals surface area contributed by atoms with Crippen LogP contribution < -0.4 is 5.32 Å². The molecule has 1 atom stereocenters. The lowest BCUT2D eigenvalue weighted by Gasteiger charge is -2.16. The van der Waals surface area contributed by atoms with Gasteiger partial charge in [0.2, 0.25) is 0 Å². The van der Waals surface area contributed by atoms with Gasteiger partial charge in [-0.05, 0) is 0 Å². The molecule has 0 spiro atoms. The molecule has 1 heterocycles. The van der Waals surface area contributed by atoms with Crippen molar-refractivity contribution in [3.63, 3.8) is 0 Å². The number of alkyl halides is 1. The molecule has 6 nitrogen and oxygen atoms in total. The van der Waals surface area contributed by atoms with Gasteiger partial charge in [-0.15, -0.1) is 0 Å². The van der Waals surface area contributed by atoms with E-state index >= 15 is 0 Å². The molecule has 64 valence electrons. The third-order valence-corrected chi connectivity index (χ3v) is 1.22. The number of imide groups is 1. The van der Waals surface area contributed by atoms with Gasteiger partial charge < -0.3 is 5.11 Å². The number of carbonyl (C=O) groups excluding carboxylic acids is 2. The first-order chi connectivity index (χ1) is 5.47. The van der Waals surface area contributed by atoms with Gasteiger partial charge in [0, 0.05) is 0 Å². The summed E-state index contributed by atoms with van der Waals surface area (Å²) >= 11 is 0. The summed E-state index contributed by atoms with van der Waals surface area (Å²) in [6, 6.07) is -1.07. The largest absolute Gasteiger partial charge is 0.478 e. The van der Waals surface area contributed by atoms with E-state index in [1.165, 1.54) is 5.32 Å². The zero-order valence-electron chi connectivity index (χ0n) is 5.57. The van der Waals surface area contributed by atoms with E-state index in [1.807, 2.05) is 0 Å². The number of rotatable bonds is 1. The van der Waals surface area contributed by atoms with Crippen LogP contribution in [0.3, 0.4) is 0 Å². The van der Waals surface area contributed by atoms with Crippen LogP contribution in [0.5, 0.6) is 0 Å². The van der Waals surface area contributed by atoms with Gasteiger partial charge in [0.25, 0.3) is 5.91 Å². The number of amides is 3. The number of carboxylic acids is 1. The number of nitrogens with one attached hydrogen (secondary N) is 1. The summed E-state index contributed by atoms with van der Waals surface area (Å²) in [4.78, 5) is 33.8. The van der Waals surface area contributed by atoms with Gasteiger partial charge in [-0.2, -0.15) is 0 Å². The first-order valence-electron chi connectivity index (χ1n) is 2.80. The summed E-state index contributed by atoms with van der Waals surface area (Å²) < 4.78 is 12.9. The molecule has 1 rings (SSSR count). The van der Waals surface area contributed by atoms with Crippen molar-refractivity contribution in [3.8, 4) is 0 Å². The fraction of sp³-hybridized carbons (Fsp3) is 0.200. The van der Waals surface area contributed by atoms with E-state index in [2.05, 4.69) is 4.99 Å². The minimum Gasteiger partial charge on any atom is -0.478 e. The number of carboxylic acid groups (broad SMARTS) is 1. The monoisotopic (exact) mass is 174 g/mol. The summed E-state index contributed by atoms with van der Waals surface area (Å²) in [6.45, 7) is 0. The molecular weight excluding hydrogens is 171 g/mol. The molecule has 7 heteroatoms. The van der Waals surface area contributed by atoms with Gasteiger partial charge >= 0.3 is 17.7 Å². The lowest BCUT2D eigenvalue weighted by Crippen LogP contribution is -2.54. The topological polar surface area (TPSA) is 95.8 Å². The average molecular weight is 174 g/mol. The highest BCUT2D eigenvalue weighted by molar-refractivity contribution is 6.26. The molecule has 0 aromatic heterocycles. The fourth-order valence-corrected chi connectivity index (χ4v) is 0.579. The highest BCUT2D eigenvalue weighted by Crippen LogP contribution is 2.11. The van der Waals surface area contributed by atoms with Crippen molar-refractivity contribution in [3.05, 3.63) is 0 Å². The molecule has 2 N–H and O–H groups in total. The van der Waals surface area contributed by atoms with Crippen molar-refractivity contribution >= 4 is 24.1 Å². The molecule has 1 aliphatic rings. The lowest BCUT2D eigenvalue weighted by atomic mass is 10.1. The normalized spacial score (nSPS) is 28.4. The first-order valence-corrected chi connectivity index (χ1v) is 2.80. The molecule has 1 unspecified atom stereocenters. The molecule has 0 aromatic rings. The molecule has 1 aliphatic heterocycles. The third-order valence-electron chi connectivity index (χ3n) is 1.22. The summed E-state index contributed by atoms with van der Waals surface area (Å²) in [6.07, 6.45) is 0.163. The van der Waals surface area contributed by atoms with Crippen LogP contribution in [0.15, 0.2) is 4.99 Å². The van der Waals surface area contributed by atoms with Gasteiger partial charge in [0.15, 0.2) is 0 Å². The van der Waals surface area contributed by atoms with E-state index in [-0.39, 0.29) is 6.21 Å². The Balaban J connectivity index is 3.07. The fourth-order valence-electron chi connectivity index (χ4n) is 0.579. The standard InChI is InChI=1S/C5H3FN2O4/c6-5(3(10)11)1-7-4(12)8-2(5)9/h1H,(H,10,11)(H,8,9,12). The third kappa shape index (κ3) is 1.04. The summed E-state index contributed by atoms with van der Waals surface area (Å²) in [5.41, 5.74) is -3.23. The number of urea groups is 1. The summed E-state index contributed by atoms with van der Waals surface area (Å²) in [5.74, 6) is -3.54. The Morgan fingerprint density at radius 1 is 1.67 bits per heavy atom. The number of carbonyl (C=O) groups is 3. The molecule has 3 amide bonds. The molecule has 0 radical (unpaired) electrons. The van der Waals surface area contributed by atoms with E-state index < -0.39 is 23.6 Å². The molecule has 0 saturated carbocycles. The molecule has 0 saturated heterocycles. The molecule has 0 aliphatic carbocycles.